The van der Waals surface area contributed by atoms with E-state index in [-0.39, 0.29) is 10.8 Å². The summed E-state index contributed by atoms with van der Waals surface area (Å²) in [5.74, 6) is 0.679. The molecule has 19 heavy (non-hydrogen) atoms. The Morgan fingerprint density at radius 3 is 2.16 bits per heavy atom. The van der Waals surface area contributed by atoms with Crippen LogP contribution in [0.25, 0.3) is 0 Å². The third-order valence-corrected chi connectivity index (χ3v) is 4.07. The molecule has 1 heterocycles. The molecule has 1 aromatic rings. The van der Waals surface area contributed by atoms with Gasteiger partial charge in [-0.25, -0.2) is 0 Å². The number of nitrogens with zero attached hydrogens (tertiary/aromatic N) is 2. The molecule has 1 aromatic heterocycles. The standard InChI is InChI=1S/C15H26N2O2/c1-13(2)8-14(3,4)10-15(18,9-13)12-11(19-6)7-16-17(12)5/h7,18H,8-10H2,1-6H3. The first-order chi connectivity index (χ1) is 8.59. The summed E-state index contributed by atoms with van der Waals surface area (Å²) < 4.78 is 7.12. The first kappa shape index (κ1) is 14.4. The van der Waals surface area contributed by atoms with Crippen LogP contribution >= 0.6 is 0 Å². The molecule has 0 saturated heterocycles. The molecule has 0 aliphatic heterocycles. The van der Waals surface area contributed by atoms with E-state index in [9.17, 15) is 5.11 Å². The van der Waals surface area contributed by atoms with Crippen LogP contribution in [0.1, 0.15) is 52.7 Å². The van der Waals surface area contributed by atoms with E-state index in [0.717, 1.165) is 25.0 Å². The van der Waals surface area contributed by atoms with Crippen molar-refractivity contribution >= 4 is 0 Å². The summed E-state index contributed by atoms with van der Waals surface area (Å²) >= 11 is 0. The average molecular weight is 266 g/mol. The lowest BCUT2D eigenvalue weighted by molar-refractivity contribution is -0.0969. The normalized spacial score (nSPS) is 24.2. The van der Waals surface area contributed by atoms with Crippen molar-refractivity contribution in [1.29, 1.82) is 0 Å². The molecule has 1 saturated carbocycles. The summed E-state index contributed by atoms with van der Waals surface area (Å²) in [7, 11) is 3.49. The maximum absolute atomic E-state index is 11.3. The van der Waals surface area contributed by atoms with Crippen molar-refractivity contribution in [1.82, 2.24) is 9.78 Å². The topological polar surface area (TPSA) is 47.3 Å². The Balaban J connectivity index is 2.49. The Bertz CT molecular complexity index is 458. The van der Waals surface area contributed by atoms with Gasteiger partial charge in [0.15, 0.2) is 5.75 Å². The number of methoxy groups -OCH3 is 1. The van der Waals surface area contributed by atoms with E-state index in [1.165, 1.54) is 0 Å². The van der Waals surface area contributed by atoms with E-state index in [1.807, 2.05) is 7.05 Å². The monoisotopic (exact) mass is 266 g/mol. The molecule has 108 valence electrons. The lowest BCUT2D eigenvalue weighted by Crippen LogP contribution is -2.45. The van der Waals surface area contributed by atoms with Gasteiger partial charge in [-0.3, -0.25) is 4.68 Å². The maximum atomic E-state index is 11.3. The number of aliphatic hydroxyl groups is 1. The van der Waals surface area contributed by atoms with Gasteiger partial charge in [0.25, 0.3) is 0 Å². The summed E-state index contributed by atoms with van der Waals surface area (Å²) in [4.78, 5) is 0. The van der Waals surface area contributed by atoms with E-state index in [2.05, 4.69) is 32.8 Å². The van der Waals surface area contributed by atoms with Gasteiger partial charge in [-0.2, -0.15) is 5.10 Å². The first-order valence-electron chi connectivity index (χ1n) is 6.87. The Morgan fingerprint density at radius 2 is 1.68 bits per heavy atom. The SMILES string of the molecule is COc1cnn(C)c1C1(O)CC(C)(C)CC(C)(C)C1. The molecule has 0 atom stereocenters. The van der Waals surface area contributed by atoms with Crippen molar-refractivity contribution < 1.29 is 9.84 Å². The summed E-state index contributed by atoms with van der Waals surface area (Å²) in [6.45, 7) is 8.90. The van der Waals surface area contributed by atoms with Crippen LogP contribution in [0.2, 0.25) is 0 Å². The lowest BCUT2D eigenvalue weighted by atomic mass is 9.59. The summed E-state index contributed by atoms with van der Waals surface area (Å²) in [6.07, 6.45) is 4.27. The Kier molecular flexibility index (Phi) is 3.21. The lowest BCUT2D eigenvalue weighted by Gasteiger charge is -2.49. The van der Waals surface area contributed by atoms with Crippen molar-refractivity contribution in [3.05, 3.63) is 11.9 Å². The number of ether oxygens (including phenoxy) is 1. The molecule has 1 N–H and O–H groups in total. The van der Waals surface area contributed by atoms with Crippen molar-refractivity contribution in [2.75, 3.05) is 7.11 Å². The van der Waals surface area contributed by atoms with Gasteiger partial charge in [-0.1, -0.05) is 27.7 Å². The highest BCUT2D eigenvalue weighted by atomic mass is 16.5. The van der Waals surface area contributed by atoms with Crippen LogP contribution < -0.4 is 4.74 Å². The van der Waals surface area contributed by atoms with Crippen LogP contribution in [0.3, 0.4) is 0 Å². The van der Waals surface area contributed by atoms with Gasteiger partial charge in [-0.15, -0.1) is 0 Å². The van der Waals surface area contributed by atoms with Crippen molar-refractivity contribution in [2.24, 2.45) is 17.9 Å². The fraction of sp³-hybridized carbons (Fsp3) is 0.800. The molecular weight excluding hydrogens is 240 g/mol. The molecule has 1 aliphatic rings. The van der Waals surface area contributed by atoms with Gasteiger partial charge < -0.3 is 9.84 Å². The fourth-order valence-electron chi connectivity index (χ4n) is 4.33. The van der Waals surface area contributed by atoms with Gasteiger partial charge in [0.05, 0.1) is 13.3 Å². The minimum atomic E-state index is -0.873. The van der Waals surface area contributed by atoms with Crippen LogP contribution in [0.5, 0.6) is 5.75 Å². The molecule has 0 aromatic carbocycles. The van der Waals surface area contributed by atoms with E-state index in [0.29, 0.717) is 5.75 Å². The predicted molar refractivity (Wildman–Crippen MR) is 75.1 cm³/mol. The Morgan fingerprint density at radius 1 is 1.16 bits per heavy atom. The average Bonchev–Trinajstić information content (AvgIpc) is 2.54. The zero-order valence-electron chi connectivity index (χ0n) is 12.9. The van der Waals surface area contributed by atoms with Crippen molar-refractivity contribution in [2.45, 2.75) is 52.6 Å². The van der Waals surface area contributed by atoms with Gasteiger partial charge in [0.1, 0.15) is 11.3 Å². The molecule has 4 nitrogen and oxygen atoms in total. The number of hydrogen-bond donors (Lipinski definition) is 1. The second kappa shape index (κ2) is 4.23. The summed E-state index contributed by atoms with van der Waals surface area (Å²) in [5.41, 5.74) is 0.134. The van der Waals surface area contributed by atoms with Crippen molar-refractivity contribution in [3.8, 4) is 5.75 Å². The predicted octanol–water partition coefficient (Wildman–Crippen LogP) is 2.85. The zero-order valence-corrected chi connectivity index (χ0v) is 12.9. The first-order valence-corrected chi connectivity index (χ1v) is 6.87. The van der Waals surface area contributed by atoms with E-state index in [4.69, 9.17) is 4.74 Å². The minimum Gasteiger partial charge on any atom is -0.493 e. The van der Waals surface area contributed by atoms with Crippen molar-refractivity contribution in [3.63, 3.8) is 0 Å². The fourth-order valence-corrected chi connectivity index (χ4v) is 4.33. The number of hydrogen-bond acceptors (Lipinski definition) is 3. The molecule has 2 rings (SSSR count). The molecular formula is C15H26N2O2. The minimum absolute atomic E-state index is 0.103. The molecule has 0 amide bonds. The second-order valence-electron chi connectivity index (χ2n) is 7.58. The van der Waals surface area contributed by atoms with Crippen LogP contribution in [-0.2, 0) is 12.6 Å². The molecule has 0 unspecified atom stereocenters. The van der Waals surface area contributed by atoms with Gasteiger partial charge in [0, 0.05) is 7.05 Å². The summed E-state index contributed by atoms with van der Waals surface area (Å²) in [5, 5.41) is 15.5. The number of aryl methyl sites for hydroxylation is 1. The van der Waals surface area contributed by atoms with Crippen LogP contribution in [0.4, 0.5) is 0 Å². The molecule has 0 spiro atoms. The summed E-state index contributed by atoms with van der Waals surface area (Å²) in [6, 6.07) is 0. The highest BCUT2D eigenvalue weighted by molar-refractivity contribution is 5.32. The van der Waals surface area contributed by atoms with Gasteiger partial charge in [0.2, 0.25) is 0 Å². The number of aromatic nitrogens is 2. The molecule has 1 fully saturated rings. The van der Waals surface area contributed by atoms with E-state index in [1.54, 1.807) is 18.0 Å². The molecule has 0 bridgehead atoms. The third-order valence-electron chi connectivity index (χ3n) is 4.07. The smallest absolute Gasteiger partial charge is 0.162 e. The maximum Gasteiger partial charge on any atom is 0.162 e. The van der Waals surface area contributed by atoms with E-state index >= 15 is 0 Å². The Hall–Kier alpha value is -1.03. The largest absolute Gasteiger partial charge is 0.493 e. The van der Waals surface area contributed by atoms with Gasteiger partial charge >= 0.3 is 0 Å². The highest BCUT2D eigenvalue weighted by Gasteiger charge is 2.49. The Labute approximate surface area is 115 Å². The quantitative estimate of drug-likeness (QED) is 0.895. The van der Waals surface area contributed by atoms with Gasteiger partial charge in [-0.05, 0) is 30.1 Å². The van der Waals surface area contributed by atoms with Crippen LogP contribution in [0, 0.1) is 10.8 Å². The molecule has 1 aliphatic carbocycles. The third kappa shape index (κ3) is 2.64. The highest BCUT2D eigenvalue weighted by Crippen LogP contribution is 2.54. The molecule has 0 radical (unpaired) electrons. The second-order valence-corrected chi connectivity index (χ2v) is 7.58. The zero-order chi connectivity index (χ0) is 14.5. The van der Waals surface area contributed by atoms with Crippen LogP contribution in [-0.4, -0.2) is 22.0 Å². The van der Waals surface area contributed by atoms with Crippen LogP contribution in [0.15, 0.2) is 6.20 Å². The molecule has 4 heteroatoms. The number of rotatable bonds is 2. The van der Waals surface area contributed by atoms with E-state index < -0.39 is 5.60 Å².